The van der Waals surface area contributed by atoms with E-state index in [0.717, 1.165) is 25.9 Å². The van der Waals surface area contributed by atoms with Gasteiger partial charge >= 0.3 is 0 Å². The second kappa shape index (κ2) is 9.97. The van der Waals surface area contributed by atoms with Crippen molar-refractivity contribution in [1.29, 1.82) is 0 Å². The normalized spacial score (nSPS) is 24.2. The molecule has 1 aliphatic rings. The number of aliphatic hydroxyl groups excluding tert-OH is 1. The van der Waals surface area contributed by atoms with E-state index < -0.39 is 0 Å². The first-order chi connectivity index (χ1) is 11.2. The minimum atomic E-state index is -0.0773. The number of aliphatic hydroxyl groups is 1. The monoisotopic (exact) mass is 431 g/mol. The van der Waals surface area contributed by atoms with Gasteiger partial charge in [-0.3, -0.25) is 3.53 Å². The highest BCUT2D eigenvalue weighted by molar-refractivity contribution is 14.1. The number of aryl methyl sites for hydroxylation is 1. The third-order valence-corrected chi connectivity index (χ3v) is 6.27. The molecule has 1 aliphatic carbocycles. The van der Waals surface area contributed by atoms with E-state index in [-0.39, 0.29) is 12.1 Å². The molecule has 2 atom stereocenters. The predicted molar refractivity (Wildman–Crippen MR) is 104 cm³/mol. The van der Waals surface area contributed by atoms with Gasteiger partial charge in [0.1, 0.15) is 0 Å². The van der Waals surface area contributed by atoms with Gasteiger partial charge in [-0.25, -0.2) is 0 Å². The molecule has 1 saturated carbocycles. The van der Waals surface area contributed by atoms with E-state index in [1.807, 2.05) is 0 Å². The van der Waals surface area contributed by atoms with Crippen LogP contribution in [0.2, 0.25) is 0 Å². The molecule has 2 N–H and O–H groups in total. The number of halogens is 1. The quantitative estimate of drug-likeness (QED) is 0.328. The van der Waals surface area contributed by atoms with Crippen LogP contribution in [0.1, 0.15) is 62.0 Å². The largest absolute Gasteiger partial charge is 0.394 e. The first kappa shape index (κ1) is 19.2. The Morgan fingerprint density at radius 2 is 1.96 bits per heavy atom. The Bertz CT molecular complexity index is 445. The number of methoxy groups -OCH3 is 1. The standard InChI is InChI=1S/C19H30INO2/c1-23-13-5-3-2-4-6-16-7-9-17(10-8-16)18-11-12-19(14-18,15-22)21-20/h7-10,18,21-22H,2-6,11-15H2,1H3/t18?,19-/m1/s1. The summed E-state index contributed by atoms with van der Waals surface area (Å²) in [5.41, 5.74) is 2.79. The van der Waals surface area contributed by atoms with Gasteiger partial charge in [-0.2, -0.15) is 0 Å². The molecule has 4 heteroatoms. The van der Waals surface area contributed by atoms with Gasteiger partial charge in [-0.15, -0.1) is 0 Å². The zero-order chi connectivity index (χ0) is 16.5. The van der Waals surface area contributed by atoms with E-state index in [1.54, 1.807) is 7.11 Å². The van der Waals surface area contributed by atoms with Gasteiger partial charge in [-0.05, 0) is 55.6 Å². The third-order valence-electron chi connectivity index (χ3n) is 5.13. The molecule has 1 aromatic rings. The smallest absolute Gasteiger partial charge is 0.0620 e. The van der Waals surface area contributed by atoms with Gasteiger partial charge in [0.05, 0.1) is 12.1 Å². The van der Waals surface area contributed by atoms with Gasteiger partial charge in [-0.1, -0.05) is 37.1 Å². The summed E-state index contributed by atoms with van der Waals surface area (Å²) in [5.74, 6) is 0.576. The van der Waals surface area contributed by atoms with Gasteiger partial charge in [0.2, 0.25) is 0 Å². The molecule has 1 fully saturated rings. The summed E-state index contributed by atoms with van der Waals surface area (Å²) in [6.07, 6.45) is 9.41. The fraction of sp³-hybridized carbons (Fsp3) is 0.684. The first-order valence-electron chi connectivity index (χ1n) is 8.79. The number of benzene rings is 1. The van der Waals surface area contributed by atoms with Crippen molar-refractivity contribution in [2.24, 2.45) is 0 Å². The maximum Gasteiger partial charge on any atom is 0.0620 e. The van der Waals surface area contributed by atoms with Crippen molar-refractivity contribution >= 4 is 22.9 Å². The topological polar surface area (TPSA) is 41.5 Å². The fourth-order valence-corrected chi connectivity index (χ4v) is 4.22. The van der Waals surface area contributed by atoms with Crippen molar-refractivity contribution in [3.63, 3.8) is 0 Å². The van der Waals surface area contributed by atoms with Crippen molar-refractivity contribution in [2.75, 3.05) is 20.3 Å². The van der Waals surface area contributed by atoms with Gasteiger partial charge < -0.3 is 9.84 Å². The Hall–Kier alpha value is -0.170. The van der Waals surface area contributed by atoms with E-state index >= 15 is 0 Å². The molecule has 1 aromatic carbocycles. The van der Waals surface area contributed by atoms with Crippen LogP contribution in [0.15, 0.2) is 24.3 Å². The lowest BCUT2D eigenvalue weighted by Gasteiger charge is -2.25. The van der Waals surface area contributed by atoms with Crippen molar-refractivity contribution < 1.29 is 9.84 Å². The Balaban J connectivity index is 1.77. The molecule has 3 nitrogen and oxygen atoms in total. The molecule has 23 heavy (non-hydrogen) atoms. The van der Waals surface area contributed by atoms with Crippen molar-refractivity contribution in [3.8, 4) is 0 Å². The third kappa shape index (κ3) is 5.69. The van der Waals surface area contributed by atoms with Crippen LogP contribution < -0.4 is 3.53 Å². The highest BCUT2D eigenvalue weighted by atomic mass is 127. The molecule has 0 bridgehead atoms. The lowest BCUT2D eigenvalue weighted by Crippen LogP contribution is -2.40. The lowest BCUT2D eigenvalue weighted by atomic mass is 9.92. The molecule has 0 aromatic heterocycles. The van der Waals surface area contributed by atoms with E-state index in [0.29, 0.717) is 5.92 Å². The summed E-state index contributed by atoms with van der Waals surface area (Å²) in [7, 11) is 1.77. The fourth-order valence-electron chi connectivity index (χ4n) is 3.56. The number of hydrogen-bond donors (Lipinski definition) is 2. The molecule has 0 aliphatic heterocycles. The van der Waals surface area contributed by atoms with Crippen LogP contribution in [0.5, 0.6) is 0 Å². The summed E-state index contributed by atoms with van der Waals surface area (Å²) in [4.78, 5) is 0. The Kier molecular flexibility index (Phi) is 8.30. The number of ether oxygens (including phenoxy) is 1. The van der Waals surface area contributed by atoms with Crippen molar-refractivity contribution in [3.05, 3.63) is 35.4 Å². The second-order valence-electron chi connectivity index (χ2n) is 6.87. The highest BCUT2D eigenvalue weighted by Gasteiger charge is 2.38. The van der Waals surface area contributed by atoms with Gasteiger partial charge in [0.25, 0.3) is 0 Å². The zero-order valence-electron chi connectivity index (χ0n) is 14.2. The summed E-state index contributed by atoms with van der Waals surface area (Å²) >= 11 is 2.19. The second-order valence-corrected chi connectivity index (χ2v) is 7.41. The maximum absolute atomic E-state index is 9.62. The van der Waals surface area contributed by atoms with Crippen LogP contribution in [-0.2, 0) is 11.2 Å². The molecular formula is C19H30INO2. The number of rotatable bonds is 10. The van der Waals surface area contributed by atoms with E-state index in [9.17, 15) is 5.11 Å². The SMILES string of the molecule is COCCCCCCc1ccc(C2CC[C@@](CO)(NI)C2)cc1. The molecule has 2 rings (SSSR count). The molecule has 0 heterocycles. The Morgan fingerprint density at radius 1 is 1.22 bits per heavy atom. The van der Waals surface area contributed by atoms with Crippen LogP contribution in [-0.4, -0.2) is 31.0 Å². The van der Waals surface area contributed by atoms with Crippen molar-refractivity contribution in [1.82, 2.24) is 3.53 Å². The summed E-state index contributed by atoms with van der Waals surface area (Å²) in [6, 6.07) is 9.18. The van der Waals surface area contributed by atoms with Crippen LogP contribution in [0.4, 0.5) is 0 Å². The maximum atomic E-state index is 9.62. The van der Waals surface area contributed by atoms with Crippen LogP contribution in [0.3, 0.4) is 0 Å². The van der Waals surface area contributed by atoms with Crippen LogP contribution in [0, 0.1) is 0 Å². The van der Waals surface area contributed by atoms with E-state index in [1.165, 1.54) is 43.2 Å². The lowest BCUT2D eigenvalue weighted by molar-refractivity contribution is 0.191. The van der Waals surface area contributed by atoms with Crippen molar-refractivity contribution in [2.45, 2.75) is 62.8 Å². The molecule has 0 radical (unpaired) electrons. The molecule has 0 amide bonds. The zero-order valence-corrected chi connectivity index (χ0v) is 16.3. The van der Waals surface area contributed by atoms with Gasteiger partial charge in [0.15, 0.2) is 0 Å². The van der Waals surface area contributed by atoms with Crippen LogP contribution >= 0.6 is 22.9 Å². The molecule has 0 saturated heterocycles. The molecular weight excluding hydrogens is 401 g/mol. The minimum absolute atomic E-state index is 0.0773. The van der Waals surface area contributed by atoms with E-state index in [2.05, 4.69) is 50.7 Å². The highest BCUT2D eigenvalue weighted by Crippen LogP contribution is 2.41. The predicted octanol–water partition coefficient (Wildman–Crippen LogP) is 4.37. The average molecular weight is 431 g/mol. The molecule has 1 unspecified atom stereocenters. The van der Waals surface area contributed by atoms with E-state index in [4.69, 9.17) is 4.74 Å². The average Bonchev–Trinajstić information content (AvgIpc) is 3.04. The summed E-state index contributed by atoms with van der Waals surface area (Å²) in [5, 5.41) is 9.62. The number of unbranched alkanes of at least 4 members (excludes halogenated alkanes) is 3. The van der Waals surface area contributed by atoms with Crippen LogP contribution in [0.25, 0.3) is 0 Å². The minimum Gasteiger partial charge on any atom is -0.394 e. The summed E-state index contributed by atoms with van der Waals surface area (Å²) < 4.78 is 8.38. The summed E-state index contributed by atoms with van der Waals surface area (Å²) in [6.45, 7) is 1.12. The molecule has 0 spiro atoms. The number of nitrogens with one attached hydrogen (secondary N) is 1. The Labute approximate surface area is 154 Å². The Morgan fingerprint density at radius 3 is 2.57 bits per heavy atom. The number of hydrogen-bond acceptors (Lipinski definition) is 3. The van der Waals surface area contributed by atoms with Gasteiger partial charge in [0, 0.05) is 36.6 Å². The molecule has 130 valence electrons. The first-order valence-corrected chi connectivity index (χ1v) is 9.87.